The number of nitrogens with zero attached hydrogens (tertiary/aromatic N) is 2. The van der Waals surface area contributed by atoms with E-state index in [0.29, 0.717) is 30.0 Å². The summed E-state index contributed by atoms with van der Waals surface area (Å²) >= 11 is 0. The van der Waals surface area contributed by atoms with E-state index in [1.54, 1.807) is 0 Å². The van der Waals surface area contributed by atoms with Crippen LogP contribution in [0.15, 0.2) is 4.42 Å². The van der Waals surface area contributed by atoms with Crippen molar-refractivity contribution in [2.75, 3.05) is 0 Å². The Bertz CT molecular complexity index is 425. The second-order valence-corrected chi connectivity index (χ2v) is 5.77. The lowest BCUT2D eigenvalue weighted by atomic mass is 9.86. The molecule has 1 saturated carbocycles. The van der Waals surface area contributed by atoms with E-state index in [4.69, 9.17) is 9.52 Å². The van der Waals surface area contributed by atoms with Crippen molar-refractivity contribution in [3.8, 4) is 0 Å². The molecule has 5 nitrogen and oxygen atoms in total. The van der Waals surface area contributed by atoms with E-state index in [9.17, 15) is 4.79 Å². The highest BCUT2D eigenvalue weighted by Gasteiger charge is 2.39. The Labute approximate surface area is 100 Å². The van der Waals surface area contributed by atoms with Crippen molar-refractivity contribution in [3.63, 3.8) is 0 Å². The maximum absolute atomic E-state index is 10.7. The molecule has 2 atom stereocenters. The first kappa shape index (κ1) is 12.1. The van der Waals surface area contributed by atoms with E-state index in [1.165, 1.54) is 0 Å². The summed E-state index contributed by atoms with van der Waals surface area (Å²) in [5.41, 5.74) is -0.356. The minimum Gasteiger partial charge on any atom is -0.481 e. The van der Waals surface area contributed by atoms with Gasteiger partial charge in [0.2, 0.25) is 11.8 Å². The number of carboxylic acids is 1. The number of hydrogen-bond acceptors (Lipinski definition) is 4. The molecule has 0 radical (unpaired) electrons. The van der Waals surface area contributed by atoms with Crippen molar-refractivity contribution in [2.24, 2.45) is 11.3 Å². The zero-order chi connectivity index (χ0) is 12.6. The van der Waals surface area contributed by atoms with Gasteiger partial charge in [-0.1, -0.05) is 20.8 Å². The zero-order valence-corrected chi connectivity index (χ0v) is 10.4. The van der Waals surface area contributed by atoms with Crippen molar-refractivity contribution >= 4 is 5.97 Å². The molecule has 1 aromatic heterocycles. The van der Waals surface area contributed by atoms with Crippen LogP contribution in [0.1, 0.15) is 51.3 Å². The van der Waals surface area contributed by atoms with E-state index in [2.05, 4.69) is 17.1 Å². The van der Waals surface area contributed by atoms with Gasteiger partial charge in [-0.05, 0) is 17.8 Å². The number of hydrogen-bond donors (Lipinski definition) is 1. The Morgan fingerprint density at radius 1 is 1.53 bits per heavy atom. The van der Waals surface area contributed by atoms with Crippen molar-refractivity contribution in [1.82, 2.24) is 10.2 Å². The number of rotatable bonds is 5. The molecule has 1 aromatic rings. The smallest absolute Gasteiger partial charge is 0.303 e. The minimum absolute atomic E-state index is 0.102. The lowest BCUT2D eigenvalue weighted by Gasteiger charge is -2.19. The van der Waals surface area contributed by atoms with E-state index in [1.807, 2.05) is 13.8 Å². The SMILES string of the molecule is CC1CC1c1nnc(CC(C)(C)CC(=O)O)o1. The standard InChI is InChI=1S/C12H18N2O3/c1-7-4-8(7)11-14-13-9(17-11)5-12(2,3)6-10(15)16/h7-8H,4-6H2,1-3H3,(H,15,16). The molecule has 2 unspecified atom stereocenters. The molecule has 1 fully saturated rings. The molecular formula is C12H18N2O3. The summed E-state index contributed by atoms with van der Waals surface area (Å²) < 4.78 is 5.58. The molecule has 1 aliphatic carbocycles. The minimum atomic E-state index is -0.800. The van der Waals surface area contributed by atoms with Gasteiger partial charge in [0.15, 0.2) is 0 Å². The van der Waals surface area contributed by atoms with Crippen LogP contribution in [0.4, 0.5) is 0 Å². The Hall–Kier alpha value is -1.39. The van der Waals surface area contributed by atoms with E-state index < -0.39 is 5.97 Å². The molecule has 2 rings (SSSR count). The van der Waals surface area contributed by atoms with Crippen LogP contribution < -0.4 is 0 Å². The normalized spacial score (nSPS) is 23.7. The highest BCUT2D eigenvalue weighted by atomic mass is 16.4. The third-order valence-corrected chi connectivity index (χ3v) is 3.17. The van der Waals surface area contributed by atoms with Gasteiger partial charge in [-0.15, -0.1) is 10.2 Å². The maximum atomic E-state index is 10.7. The second-order valence-electron chi connectivity index (χ2n) is 5.77. The summed E-state index contributed by atoms with van der Waals surface area (Å²) in [4.78, 5) is 10.7. The average Bonchev–Trinajstić information content (AvgIpc) is 2.71. The summed E-state index contributed by atoms with van der Waals surface area (Å²) in [6.45, 7) is 5.94. The molecule has 1 aliphatic rings. The highest BCUT2D eigenvalue weighted by Crippen LogP contribution is 2.46. The Morgan fingerprint density at radius 2 is 2.18 bits per heavy atom. The van der Waals surface area contributed by atoms with Gasteiger partial charge >= 0.3 is 5.97 Å². The van der Waals surface area contributed by atoms with Gasteiger partial charge in [0.25, 0.3) is 0 Å². The van der Waals surface area contributed by atoms with Gasteiger partial charge in [0, 0.05) is 12.3 Å². The predicted octanol–water partition coefficient (Wildman–Crippen LogP) is 2.24. The predicted molar refractivity (Wildman–Crippen MR) is 60.6 cm³/mol. The van der Waals surface area contributed by atoms with Gasteiger partial charge < -0.3 is 9.52 Å². The first-order chi connectivity index (χ1) is 7.87. The average molecular weight is 238 g/mol. The number of aromatic nitrogens is 2. The van der Waals surface area contributed by atoms with Gasteiger partial charge in [-0.3, -0.25) is 4.79 Å². The molecule has 1 heterocycles. The molecule has 0 aromatic carbocycles. The molecule has 17 heavy (non-hydrogen) atoms. The Morgan fingerprint density at radius 3 is 2.71 bits per heavy atom. The van der Waals surface area contributed by atoms with E-state index in [0.717, 1.165) is 6.42 Å². The molecule has 0 aliphatic heterocycles. The molecule has 5 heteroatoms. The zero-order valence-electron chi connectivity index (χ0n) is 10.4. The third kappa shape index (κ3) is 3.05. The highest BCUT2D eigenvalue weighted by molar-refractivity contribution is 5.67. The van der Waals surface area contributed by atoms with Crippen LogP contribution in [-0.4, -0.2) is 21.3 Å². The fourth-order valence-corrected chi connectivity index (χ4v) is 2.04. The largest absolute Gasteiger partial charge is 0.481 e. The summed E-state index contributed by atoms with van der Waals surface area (Å²) in [6, 6.07) is 0. The fourth-order valence-electron chi connectivity index (χ4n) is 2.04. The van der Waals surface area contributed by atoms with Crippen molar-refractivity contribution in [2.45, 2.75) is 46.0 Å². The monoisotopic (exact) mass is 238 g/mol. The third-order valence-electron chi connectivity index (χ3n) is 3.17. The molecule has 0 bridgehead atoms. The Balaban J connectivity index is 1.98. The molecule has 94 valence electrons. The summed E-state index contributed by atoms with van der Waals surface area (Å²) in [5.74, 6) is 1.50. The molecular weight excluding hydrogens is 220 g/mol. The van der Waals surface area contributed by atoms with Crippen LogP contribution >= 0.6 is 0 Å². The van der Waals surface area contributed by atoms with Gasteiger partial charge in [0.1, 0.15) is 0 Å². The second kappa shape index (κ2) is 4.13. The van der Waals surface area contributed by atoms with Gasteiger partial charge in [-0.25, -0.2) is 0 Å². The first-order valence-corrected chi connectivity index (χ1v) is 5.91. The number of carbonyl (C=O) groups is 1. The van der Waals surface area contributed by atoms with Crippen molar-refractivity contribution in [1.29, 1.82) is 0 Å². The van der Waals surface area contributed by atoms with Crippen LogP contribution in [0.2, 0.25) is 0 Å². The van der Waals surface area contributed by atoms with Crippen LogP contribution in [0, 0.1) is 11.3 Å². The molecule has 0 spiro atoms. The van der Waals surface area contributed by atoms with E-state index >= 15 is 0 Å². The molecule has 0 amide bonds. The lowest BCUT2D eigenvalue weighted by molar-refractivity contribution is -0.139. The topological polar surface area (TPSA) is 76.2 Å². The van der Waals surface area contributed by atoms with Crippen LogP contribution in [0.3, 0.4) is 0 Å². The van der Waals surface area contributed by atoms with Gasteiger partial charge in [-0.2, -0.15) is 0 Å². The number of aliphatic carboxylic acids is 1. The molecule has 1 N–H and O–H groups in total. The van der Waals surface area contributed by atoms with Crippen LogP contribution in [0.25, 0.3) is 0 Å². The number of carboxylic acid groups (broad SMARTS) is 1. The quantitative estimate of drug-likeness (QED) is 0.851. The molecule has 0 saturated heterocycles. The summed E-state index contributed by atoms with van der Waals surface area (Å²) in [6.07, 6.45) is 1.72. The lowest BCUT2D eigenvalue weighted by Crippen LogP contribution is -2.19. The van der Waals surface area contributed by atoms with Crippen LogP contribution in [-0.2, 0) is 11.2 Å². The summed E-state index contributed by atoms with van der Waals surface area (Å²) in [7, 11) is 0. The summed E-state index contributed by atoms with van der Waals surface area (Å²) in [5, 5.41) is 16.8. The van der Waals surface area contributed by atoms with Crippen molar-refractivity contribution < 1.29 is 14.3 Å². The van der Waals surface area contributed by atoms with E-state index in [-0.39, 0.29) is 11.8 Å². The van der Waals surface area contributed by atoms with Crippen LogP contribution in [0.5, 0.6) is 0 Å². The fraction of sp³-hybridized carbons (Fsp3) is 0.750. The van der Waals surface area contributed by atoms with Gasteiger partial charge in [0.05, 0.1) is 6.42 Å². The Kier molecular flexibility index (Phi) is 2.93. The maximum Gasteiger partial charge on any atom is 0.303 e. The van der Waals surface area contributed by atoms with Crippen molar-refractivity contribution in [3.05, 3.63) is 11.8 Å². The first-order valence-electron chi connectivity index (χ1n) is 5.91.